The number of amides is 2. The SMILES string of the molecule is Cc1cc(NC(=O)Nc2cccc(C(C)O)c2)no1. The number of carbonyl (C=O) groups excluding carboxylic acids is 1. The molecule has 1 atom stereocenters. The van der Waals surface area contributed by atoms with Crippen molar-refractivity contribution < 1.29 is 14.4 Å². The van der Waals surface area contributed by atoms with Gasteiger partial charge in [-0.1, -0.05) is 17.3 Å². The average molecular weight is 261 g/mol. The Bertz CT molecular complexity index is 578. The van der Waals surface area contributed by atoms with E-state index in [1.54, 1.807) is 44.2 Å². The van der Waals surface area contributed by atoms with Crippen molar-refractivity contribution in [2.75, 3.05) is 10.6 Å². The van der Waals surface area contributed by atoms with Gasteiger partial charge in [0.05, 0.1) is 6.10 Å². The lowest BCUT2D eigenvalue weighted by Gasteiger charge is -2.09. The Morgan fingerprint density at radius 1 is 1.37 bits per heavy atom. The molecular weight excluding hydrogens is 246 g/mol. The molecule has 1 aromatic carbocycles. The van der Waals surface area contributed by atoms with Gasteiger partial charge in [0, 0.05) is 11.8 Å². The van der Waals surface area contributed by atoms with E-state index < -0.39 is 12.1 Å². The number of hydrogen-bond acceptors (Lipinski definition) is 4. The Balaban J connectivity index is 2.00. The van der Waals surface area contributed by atoms with Crippen LogP contribution in [0.3, 0.4) is 0 Å². The van der Waals surface area contributed by atoms with E-state index in [0.717, 1.165) is 5.56 Å². The normalized spacial score (nSPS) is 11.9. The molecule has 2 aromatic rings. The summed E-state index contributed by atoms with van der Waals surface area (Å²) in [5, 5.41) is 18.3. The molecule has 0 aliphatic rings. The molecule has 100 valence electrons. The van der Waals surface area contributed by atoms with Crippen LogP contribution in [0.1, 0.15) is 24.4 Å². The maximum atomic E-state index is 11.7. The molecule has 0 saturated heterocycles. The second kappa shape index (κ2) is 5.53. The third kappa shape index (κ3) is 3.56. The van der Waals surface area contributed by atoms with Crippen molar-refractivity contribution in [2.45, 2.75) is 20.0 Å². The van der Waals surface area contributed by atoms with Gasteiger partial charge in [0.25, 0.3) is 0 Å². The molecule has 0 aliphatic heterocycles. The summed E-state index contributed by atoms with van der Waals surface area (Å²) in [4.78, 5) is 11.7. The molecule has 2 amide bonds. The van der Waals surface area contributed by atoms with Crippen molar-refractivity contribution in [3.05, 3.63) is 41.7 Å². The number of carbonyl (C=O) groups is 1. The van der Waals surface area contributed by atoms with E-state index in [4.69, 9.17) is 4.52 Å². The predicted molar refractivity (Wildman–Crippen MR) is 71.0 cm³/mol. The van der Waals surface area contributed by atoms with Gasteiger partial charge in [0.15, 0.2) is 5.82 Å². The van der Waals surface area contributed by atoms with Gasteiger partial charge in [-0.3, -0.25) is 5.32 Å². The van der Waals surface area contributed by atoms with Crippen LogP contribution in [0.15, 0.2) is 34.9 Å². The highest BCUT2D eigenvalue weighted by Gasteiger charge is 2.07. The van der Waals surface area contributed by atoms with E-state index in [-0.39, 0.29) is 0 Å². The Labute approximate surface area is 110 Å². The number of rotatable bonds is 3. The fourth-order valence-electron chi connectivity index (χ4n) is 1.58. The lowest BCUT2D eigenvalue weighted by atomic mass is 10.1. The quantitative estimate of drug-likeness (QED) is 0.792. The Kier molecular flexibility index (Phi) is 3.82. The van der Waals surface area contributed by atoms with Crippen LogP contribution in [-0.4, -0.2) is 16.3 Å². The van der Waals surface area contributed by atoms with Gasteiger partial charge in [0.2, 0.25) is 0 Å². The second-order valence-electron chi connectivity index (χ2n) is 4.20. The van der Waals surface area contributed by atoms with Crippen LogP contribution >= 0.6 is 0 Å². The summed E-state index contributed by atoms with van der Waals surface area (Å²) >= 11 is 0. The van der Waals surface area contributed by atoms with Crippen molar-refractivity contribution in [1.29, 1.82) is 0 Å². The summed E-state index contributed by atoms with van der Waals surface area (Å²) < 4.78 is 4.84. The number of urea groups is 1. The van der Waals surface area contributed by atoms with Gasteiger partial charge in [-0.05, 0) is 31.5 Å². The summed E-state index contributed by atoms with van der Waals surface area (Å²) in [6.07, 6.45) is -0.581. The van der Waals surface area contributed by atoms with E-state index in [1.165, 1.54) is 0 Å². The standard InChI is InChI=1S/C13H15N3O3/c1-8-6-12(16-19-8)15-13(18)14-11-5-3-4-10(7-11)9(2)17/h3-7,9,17H,1-2H3,(H2,14,15,16,18). The fraction of sp³-hybridized carbons (Fsp3) is 0.231. The number of hydrogen-bond donors (Lipinski definition) is 3. The molecule has 0 fully saturated rings. The molecule has 0 bridgehead atoms. The number of aromatic nitrogens is 1. The van der Waals surface area contributed by atoms with E-state index in [0.29, 0.717) is 17.3 Å². The van der Waals surface area contributed by atoms with Gasteiger partial charge >= 0.3 is 6.03 Å². The molecule has 0 aliphatic carbocycles. The number of benzene rings is 1. The highest BCUT2D eigenvalue weighted by molar-refractivity contribution is 5.99. The van der Waals surface area contributed by atoms with E-state index >= 15 is 0 Å². The predicted octanol–water partition coefficient (Wildman–Crippen LogP) is 2.68. The zero-order valence-electron chi connectivity index (χ0n) is 10.7. The molecule has 1 unspecified atom stereocenters. The first-order valence-electron chi connectivity index (χ1n) is 5.84. The van der Waals surface area contributed by atoms with Crippen molar-refractivity contribution in [3.8, 4) is 0 Å². The van der Waals surface area contributed by atoms with Crippen molar-refractivity contribution in [1.82, 2.24) is 5.16 Å². The lowest BCUT2D eigenvalue weighted by Crippen LogP contribution is -2.19. The van der Waals surface area contributed by atoms with Gasteiger partial charge < -0.3 is 14.9 Å². The van der Waals surface area contributed by atoms with Crippen LogP contribution in [-0.2, 0) is 0 Å². The minimum absolute atomic E-state index is 0.349. The van der Waals surface area contributed by atoms with Crippen LogP contribution in [0.4, 0.5) is 16.3 Å². The number of aryl methyl sites for hydroxylation is 1. The molecule has 1 heterocycles. The average Bonchev–Trinajstić information content (AvgIpc) is 2.74. The maximum Gasteiger partial charge on any atom is 0.324 e. The largest absolute Gasteiger partial charge is 0.389 e. The number of aliphatic hydroxyl groups is 1. The first kappa shape index (κ1) is 13.1. The van der Waals surface area contributed by atoms with Gasteiger partial charge in [0.1, 0.15) is 5.76 Å². The van der Waals surface area contributed by atoms with Gasteiger partial charge in [-0.25, -0.2) is 4.79 Å². The topological polar surface area (TPSA) is 87.4 Å². The molecular formula is C13H15N3O3. The molecule has 0 saturated carbocycles. The molecule has 6 nitrogen and oxygen atoms in total. The van der Waals surface area contributed by atoms with Crippen molar-refractivity contribution in [3.63, 3.8) is 0 Å². The molecule has 1 aromatic heterocycles. The zero-order chi connectivity index (χ0) is 13.8. The third-order valence-corrected chi connectivity index (χ3v) is 2.50. The number of nitrogens with one attached hydrogen (secondary N) is 2. The lowest BCUT2D eigenvalue weighted by molar-refractivity contribution is 0.199. The molecule has 6 heteroatoms. The molecule has 19 heavy (non-hydrogen) atoms. The van der Waals surface area contributed by atoms with Crippen LogP contribution in [0.5, 0.6) is 0 Å². The zero-order valence-corrected chi connectivity index (χ0v) is 10.7. The van der Waals surface area contributed by atoms with Crippen molar-refractivity contribution in [2.24, 2.45) is 0 Å². The molecule has 2 rings (SSSR count). The monoisotopic (exact) mass is 261 g/mol. The highest BCUT2D eigenvalue weighted by atomic mass is 16.5. The van der Waals surface area contributed by atoms with E-state index in [1.807, 2.05) is 0 Å². The van der Waals surface area contributed by atoms with Crippen LogP contribution in [0.25, 0.3) is 0 Å². The minimum Gasteiger partial charge on any atom is -0.389 e. The Morgan fingerprint density at radius 3 is 2.79 bits per heavy atom. The first-order valence-corrected chi connectivity index (χ1v) is 5.84. The van der Waals surface area contributed by atoms with E-state index in [9.17, 15) is 9.90 Å². The van der Waals surface area contributed by atoms with Crippen molar-refractivity contribution >= 4 is 17.5 Å². The second-order valence-corrected chi connectivity index (χ2v) is 4.20. The molecule has 0 spiro atoms. The molecule has 0 radical (unpaired) electrons. The summed E-state index contributed by atoms with van der Waals surface area (Å²) in [5.41, 5.74) is 1.33. The van der Waals surface area contributed by atoms with Crippen LogP contribution < -0.4 is 10.6 Å². The number of aliphatic hydroxyl groups excluding tert-OH is 1. The highest BCUT2D eigenvalue weighted by Crippen LogP contribution is 2.17. The molecule has 3 N–H and O–H groups in total. The maximum absolute atomic E-state index is 11.7. The van der Waals surface area contributed by atoms with Crippen LogP contribution in [0.2, 0.25) is 0 Å². The fourth-order valence-corrected chi connectivity index (χ4v) is 1.58. The minimum atomic E-state index is -0.581. The van der Waals surface area contributed by atoms with E-state index in [2.05, 4.69) is 15.8 Å². The summed E-state index contributed by atoms with van der Waals surface area (Å²) in [7, 11) is 0. The Hall–Kier alpha value is -2.34. The summed E-state index contributed by atoms with van der Waals surface area (Å²) in [6, 6.07) is 8.19. The van der Waals surface area contributed by atoms with Gasteiger partial charge in [-0.2, -0.15) is 0 Å². The number of anilines is 2. The Morgan fingerprint density at radius 2 is 2.16 bits per heavy atom. The van der Waals surface area contributed by atoms with Crippen LogP contribution in [0, 0.1) is 6.92 Å². The third-order valence-electron chi connectivity index (χ3n) is 2.50. The number of nitrogens with zero attached hydrogens (tertiary/aromatic N) is 1. The smallest absolute Gasteiger partial charge is 0.324 e. The first-order chi connectivity index (χ1) is 9.04. The summed E-state index contributed by atoms with van der Waals surface area (Å²) in [5.74, 6) is 0.966. The summed E-state index contributed by atoms with van der Waals surface area (Å²) in [6.45, 7) is 3.40. The van der Waals surface area contributed by atoms with Gasteiger partial charge in [-0.15, -0.1) is 0 Å².